The van der Waals surface area contributed by atoms with Gasteiger partial charge in [-0.25, -0.2) is 9.18 Å². The number of hydrogen-bond donors (Lipinski definition) is 1. The van der Waals surface area contributed by atoms with E-state index in [0.717, 1.165) is 0 Å². The van der Waals surface area contributed by atoms with Gasteiger partial charge in [0.2, 0.25) is 0 Å². The molecule has 5 nitrogen and oxygen atoms in total. The Balaban J connectivity index is 2.81. The molecular formula is C14H20FNO4. The number of hydrogen-bond acceptors (Lipinski definition) is 4. The van der Waals surface area contributed by atoms with Crippen LogP contribution in [0.25, 0.3) is 0 Å². The van der Waals surface area contributed by atoms with Gasteiger partial charge >= 0.3 is 5.97 Å². The van der Waals surface area contributed by atoms with Gasteiger partial charge in [-0.15, -0.1) is 0 Å². The molecular weight excluding hydrogens is 265 g/mol. The minimum absolute atomic E-state index is 0.305. The fourth-order valence-corrected chi connectivity index (χ4v) is 1.82. The summed E-state index contributed by atoms with van der Waals surface area (Å²) in [6, 6.07) is 4.40. The number of benzene rings is 1. The number of rotatable bonds is 9. The molecule has 0 spiro atoms. The molecule has 1 rings (SSSR count). The molecule has 112 valence electrons. The van der Waals surface area contributed by atoms with Crippen LogP contribution in [0.3, 0.4) is 0 Å². The van der Waals surface area contributed by atoms with Crippen LogP contribution in [-0.2, 0) is 16.0 Å². The quantitative estimate of drug-likeness (QED) is 0.747. The lowest BCUT2D eigenvalue weighted by molar-refractivity contribution is 0.0690. The zero-order valence-electron chi connectivity index (χ0n) is 11.8. The van der Waals surface area contributed by atoms with E-state index < -0.39 is 11.8 Å². The number of carboxylic acid groups (broad SMARTS) is 1. The smallest absolute Gasteiger partial charge is 0.338 e. The van der Waals surface area contributed by atoms with Gasteiger partial charge in [-0.05, 0) is 6.07 Å². The molecule has 1 aromatic rings. The Labute approximate surface area is 117 Å². The summed E-state index contributed by atoms with van der Waals surface area (Å²) in [6.45, 7) is 2.60. The van der Waals surface area contributed by atoms with Gasteiger partial charge < -0.3 is 14.6 Å². The molecule has 0 unspecified atom stereocenters. The molecule has 0 amide bonds. The largest absolute Gasteiger partial charge is 0.478 e. The summed E-state index contributed by atoms with van der Waals surface area (Å²) in [4.78, 5) is 12.9. The maximum Gasteiger partial charge on any atom is 0.338 e. The Morgan fingerprint density at radius 3 is 2.35 bits per heavy atom. The van der Waals surface area contributed by atoms with E-state index in [-0.39, 0.29) is 5.56 Å². The molecule has 0 aliphatic heterocycles. The van der Waals surface area contributed by atoms with Crippen molar-refractivity contribution in [2.24, 2.45) is 0 Å². The monoisotopic (exact) mass is 285 g/mol. The number of ether oxygens (including phenoxy) is 2. The van der Waals surface area contributed by atoms with Crippen LogP contribution in [0.1, 0.15) is 15.9 Å². The first-order chi connectivity index (χ1) is 9.60. The van der Waals surface area contributed by atoms with Gasteiger partial charge in [0.05, 0.1) is 18.8 Å². The van der Waals surface area contributed by atoms with Crippen LogP contribution < -0.4 is 0 Å². The van der Waals surface area contributed by atoms with E-state index >= 15 is 0 Å². The number of halogens is 1. The summed E-state index contributed by atoms with van der Waals surface area (Å²) >= 11 is 0. The highest BCUT2D eigenvalue weighted by atomic mass is 19.1. The summed E-state index contributed by atoms with van der Waals surface area (Å²) in [6.07, 6.45) is 0. The normalized spacial score (nSPS) is 11.0. The maximum absolute atomic E-state index is 14.1. The first-order valence-electron chi connectivity index (χ1n) is 6.31. The van der Waals surface area contributed by atoms with Crippen LogP contribution in [-0.4, -0.2) is 56.5 Å². The van der Waals surface area contributed by atoms with Crippen LogP contribution in [0.2, 0.25) is 0 Å². The highest BCUT2D eigenvalue weighted by molar-refractivity contribution is 5.88. The standard InChI is InChI=1S/C14H20FNO4/c1-19-8-6-16(7-9-20-2)10-11-4-3-5-12(13(11)15)14(17)18/h3-5H,6-10H2,1-2H3,(H,17,18). The number of methoxy groups -OCH3 is 2. The van der Waals surface area contributed by atoms with Crippen molar-refractivity contribution in [1.29, 1.82) is 0 Å². The predicted octanol–water partition coefficient (Wildman–Crippen LogP) is 1.62. The summed E-state index contributed by atoms with van der Waals surface area (Å²) in [5.74, 6) is -1.94. The Morgan fingerprint density at radius 2 is 1.85 bits per heavy atom. The zero-order valence-corrected chi connectivity index (χ0v) is 11.8. The van der Waals surface area contributed by atoms with Crippen molar-refractivity contribution >= 4 is 5.97 Å². The van der Waals surface area contributed by atoms with Crippen molar-refractivity contribution in [1.82, 2.24) is 4.90 Å². The van der Waals surface area contributed by atoms with Crippen molar-refractivity contribution in [2.45, 2.75) is 6.54 Å². The summed E-state index contributed by atoms with van der Waals surface area (Å²) in [7, 11) is 3.19. The molecule has 20 heavy (non-hydrogen) atoms. The van der Waals surface area contributed by atoms with Gasteiger partial charge in [0.25, 0.3) is 0 Å². The van der Waals surface area contributed by atoms with Gasteiger partial charge in [-0.2, -0.15) is 0 Å². The second-order valence-electron chi connectivity index (χ2n) is 4.35. The fraction of sp³-hybridized carbons (Fsp3) is 0.500. The third-order valence-corrected chi connectivity index (χ3v) is 2.93. The van der Waals surface area contributed by atoms with E-state index in [1.165, 1.54) is 6.07 Å². The Kier molecular flexibility index (Phi) is 7.14. The van der Waals surface area contributed by atoms with E-state index in [2.05, 4.69) is 0 Å². The van der Waals surface area contributed by atoms with Gasteiger partial charge in [0.1, 0.15) is 5.82 Å². The second kappa shape index (κ2) is 8.63. The van der Waals surface area contributed by atoms with E-state index in [4.69, 9.17) is 14.6 Å². The first kappa shape index (κ1) is 16.6. The molecule has 0 heterocycles. The Hall–Kier alpha value is -1.50. The highest BCUT2D eigenvalue weighted by Gasteiger charge is 2.15. The average Bonchev–Trinajstić information content (AvgIpc) is 2.43. The minimum atomic E-state index is -1.26. The summed E-state index contributed by atoms with van der Waals surface area (Å²) in [5, 5.41) is 8.91. The molecule has 0 radical (unpaired) electrons. The molecule has 0 fully saturated rings. The van der Waals surface area contributed by atoms with Crippen LogP contribution >= 0.6 is 0 Å². The molecule has 0 aromatic heterocycles. The van der Waals surface area contributed by atoms with Gasteiger partial charge in [-0.1, -0.05) is 12.1 Å². The fourth-order valence-electron chi connectivity index (χ4n) is 1.82. The van der Waals surface area contributed by atoms with Crippen molar-refractivity contribution in [2.75, 3.05) is 40.5 Å². The topological polar surface area (TPSA) is 59.0 Å². The highest BCUT2D eigenvalue weighted by Crippen LogP contribution is 2.15. The Bertz CT molecular complexity index is 431. The van der Waals surface area contributed by atoms with Gasteiger partial charge in [0.15, 0.2) is 0 Å². The lowest BCUT2D eigenvalue weighted by Crippen LogP contribution is -2.30. The lowest BCUT2D eigenvalue weighted by Gasteiger charge is -2.22. The molecule has 0 aliphatic rings. The number of aromatic carboxylic acids is 1. The molecule has 0 saturated heterocycles. The molecule has 6 heteroatoms. The van der Waals surface area contributed by atoms with Crippen molar-refractivity contribution in [3.05, 3.63) is 35.1 Å². The third-order valence-electron chi connectivity index (χ3n) is 2.93. The molecule has 0 aliphatic carbocycles. The van der Waals surface area contributed by atoms with E-state index in [1.807, 2.05) is 4.90 Å². The molecule has 0 atom stereocenters. The van der Waals surface area contributed by atoms with Crippen molar-refractivity contribution in [3.63, 3.8) is 0 Å². The predicted molar refractivity (Wildman–Crippen MR) is 72.4 cm³/mol. The van der Waals surface area contributed by atoms with Gasteiger partial charge in [-0.3, -0.25) is 4.90 Å². The van der Waals surface area contributed by atoms with Gasteiger partial charge in [0, 0.05) is 39.4 Å². The average molecular weight is 285 g/mol. The maximum atomic E-state index is 14.1. The van der Waals surface area contributed by atoms with Crippen LogP contribution in [0.5, 0.6) is 0 Å². The lowest BCUT2D eigenvalue weighted by atomic mass is 10.1. The van der Waals surface area contributed by atoms with E-state index in [1.54, 1.807) is 26.4 Å². The number of carbonyl (C=O) groups is 1. The second-order valence-corrected chi connectivity index (χ2v) is 4.35. The van der Waals surface area contributed by atoms with Crippen LogP contribution in [0.15, 0.2) is 18.2 Å². The summed E-state index contributed by atoms with van der Waals surface area (Å²) < 4.78 is 24.1. The number of nitrogens with zero attached hydrogens (tertiary/aromatic N) is 1. The molecule has 1 aromatic carbocycles. The minimum Gasteiger partial charge on any atom is -0.478 e. The number of carboxylic acids is 1. The van der Waals surface area contributed by atoms with E-state index in [0.29, 0.717) is 38.4 Å². The third kappa shape index (κ3) is 4.88. The summed E-state index contributed by atoms with van der Waals surface area (Å²) in [5.41, 5.74) is 0.0537. The molecule has 0 saturated carbocycles. The molecule has 1 N–H and O–H groups in total. The van der Waals surface area contributed by atoms with Crippen LogP contribution in [0, 0.1) is 5.82 Å². The SMILES string of the molecule is COCCN(CCOC)Cc1cccc(C(=O)O)c1F. The molecule has 0 bridgehead atoms. The first-order valence-corrected chi connectivity index (χ1v) is 6.31. The Morgan fingerprint density at radius 1 is 1.25 bits per heavy atom. The van der Waals surface area contributed by atoms with Crippen molar-refractivity contribution < 1.29 is 23.8 Å². The van der Waals surface area contributed by atoms with Crippen LogP contribution in [0.4, 0.5) is 4.39 Å². The van der Waals surface area contributed by atoms with Crippen molar-refractivity contribution in [3.8, 4) is 0 Å². The van der Waals surface area contributed by atoms with E-state index in [9.17, 15) is 9.18 Å². The zero-order chi connectivity index (χ0) is 15.0.